The second kappa shape index (κ2) is 8.95. The van der Waals surface area contributed by atoms with Crippen molar-refractivity contribution in [2.75, 3.05) is 36.5 Å². The number of rotatable bonds is 6. The predicted octanol–water partition coefficient (Wildman–Crippen LogP) is 3.61. The lowest BCUT2D eigenvalue weighted by atomic mass is 10.2. The maximum Gasteiger partial charge on any atom is 0.224 e. The van der Waals surface area contributed by atoms with Gasteiger partial charge in [0.1, 0.15) is 5.01 Å². The normalized spacial score (nSPS) is 14.1. The molecule has 2 aromatic heterocycles. The molecule has 1 fully saturated rings. The van der Waals surface area contributed by atoms with Crippen molar-refractivity contribution in [3.63, 3.8) is 0 Å². The summed E-state index contributed by atoms with van der Waals surface area (Å²) in [6.07, 6.45) is 2.76. The van der Waals surface area contributed by atoms with Crippen molar-refractivity contribution >= 4 is 28.6 Å². The van der Waals surface area contributed by atoms with Crippen LogP contribution in [0, 0.1) is 0 Å². The molecule has 0 bridgehead atoms. The Balaban J connectivity index is 1.32. The number of ether oxygens (including phenoxy) is 1. The minimum atomic E-state index is -0.00786. The number of aromatic nitrogens is 2. The number of hydrogen-bond acceptors (Lipinski definition) is 6. The highest BCUT2D eigenvalue weighted by Crippen LogP contribution is 2.23. The summed E-state index contributed by atoms with van der Waals surface area (Å²) in [6, 6.07) is 13.7. The van der Waals surface area contributed by atoms with Crippen molar-refractivity contribution in [3.05, 3.63) is 59.7 Å². The summed E-state index contributed by atoms with van der Waals surface area (Å²) in [5.74, 6) is -0.00786. The van der Waals surface area contributed by atoms with E-state index >= 15 is 0 Å². The number of nitrogens with zero attached hydrogens (tertiary/aromatic N) is 3. The standard InChI is InChI=1S/C21H22N4O2S/c26-20(8-7-17-15-28-21(24-17)19-6-1-2-9-22-19)23-16-4-3-5-18(14-16)25-10-12-27-13-11-25/h1-6,9,14-15H,7-8,10-13H2,(H,23,26). The average molecular weight is 395 g/mol. The van der Waals surface area contributed by atoms with Gasteiger partial charge in [0.15, 0.2) is 0 Å². The van der Waals surface area contributed by atoms with Gasteiger partial charge in [-0.05, 0) is 36.8 Å². The Labute approximate surface area is 168 Å². The maximum atomic E-state index is 12.4. The zero-order chi connectivity index (χ0) is 19.2. The van der Waals surface area contributed by atoms with Gasteiger partial charge in [-0.3, -0.25) is 9.78 Å². The number of carbonyl (C=O) groups excluding carboxylic acids is 1. The molecule has 1 aromatic carbocycles. The Hall–Kier alpha value is -2.77. The Morgan fingerprint density at radius 2 is 2.07 bits per heavy atom. The molecule has 0 spiro atoms. The highest BCUT2D eigenvalue weighted by Gasteiger charge is 2.12. The molecule has 7 heteroatoms. The third-order valence-corrected chi connectivity index (χ3v) is 5.46. The van der Waals surface area contributed by atoms with Crippen molar-refractivity contribution in [2.45, 2.75) is 12.8 Å². The molecule has 28 heavy (non-hydrogen) atoms. The maximum absolute atomic E-state index is 12.4. The van der Waals surface area contributed by atoms with E-state index in [9.17, 15) is 4.79 Å². The second-order valence-corrected chi connectivity index (χ2v) is 7.42. The first-order valence-electron chi connectivity index (χ1n) is 9.36. The SMILES string of the molecule is O=C(CCc1csc(-c2ccccn2)n1)Nc1cccc(N2CCOCC2)c1. The molecule has 4 rings (SSSR count). The number of aryl methyl sites for hydroxylation is 1. The van der Waals surface area contributed by atoms with Gasteiger partial charge in [0.05, 0.1) is 24.6 Å². The van der Waals surface area contributed by atoms with E-state index in [0.29, 0.717) is 12.8 Å². The van der Waals surface area contributed by atoms with E-state index in [2.05, 4.69) is 26.3 Å². The zero-order valence-corrected chi connectivity index (χ0v) is 16.3. The van der Waals surface area contributed by atoms with E-state index in [1.807, 2.05) is 41.8 Å². The summed E-state index contributed by atoms with van der Waals surface area (Å²) in [4.78, 5) is 23.5. The van der Waals surface area contributed by atoms with Crippen LogP contribution in [0.15, 0.2) is 54.0 Å². The molecule has 0 radical (unpaired) electrons. The molecule has 1 saturated heterocycles. The first kappa shape index (κ1) is 18.6. The fraction of sp³-hybridized carbons (Fsp3) is 0.286. The van der Waals surface area contributed by atoms with Gasteiger partial charge < -0.3 is 15.0 Å². The minimum Gasteiger partial charge on any atom is -0.378 e. The van der Waals surface area contributed by atoms with Gasteiger partial charge in [-0.2, -0.15) is 0 Å². The molecule has 1 amide bonds. The van der Waals surface area contributed by atoms with E-state index in [0.717, 1.165) is 54.1 Å². The average Bonchev–Trinajstić information content (AvgIpc) is 3.23. The highest BCUT2D eigenvalue weighted by atomic mass is 32.1. The summed E-state index contributed by atoms with van der Waals surface area (Å²) >= 11 is 1.55. The van der Waals surface area contributed by atoms with Gasteiger partial charge in [0.25, 0.3) is 0 Å². The number of nitrogens with one attached hydrogen (secondary N) is 1. The number of benzene rings is 1. The van der Waals surface area contributed by atoms with Crippen molar-refractivity contribution in [3.8, 4) is 10.7 Å². The summed E-state index contributed by atoms with van der Waals surface area (Å²) in [7, 11) is 0. The number of carbonyl (C=O) groups is 1. The Bertz CT molecular complexity index is 923. The second-order valence-electron chi connectivity index (χ2n) is 6.56. The first-order chi connectivity index (χ1) is 13.8. The lowest BCUT2D eigenvalue weighted by Crippen LogP contribution is -2.36. The van der Waals surface area contributed by atoms with E-state index in [4.69, 9.17) is 4.74 Å². The number of thiazole rings is 1. The Morgan fingerprint density at radius 3 is 2.89 bits per heavy atom. The number of pyridine rings is 1. The van der Waals surface area contributed by atoms with Gasteiger partial charge in [-0.15, -0.1) is 11.3 Å². The van der Waals surface area contributed by atoms with Crippen LogP contribution in [0.4, 0.5) is 11.4 Å². The minimum absolute atomic E-state index is 0.00786. The highest BCUT2D eigenvalue weighted by molar-refractivity contribution is 7.13. The third kappa shape index (κ3) is 4.74. The van der Waals surface area contributed by atoms with Crippen molar-refractivity contribution < 1.29 is 9.53 Å². The van der Waals surface area contributed by atoms with Crippen LogP contribution in [0.5, 0.6) is 0 Å². The van der Waals surface area contributed by atoms with Crippen molar-refractivity contribution in [1.82, 2.24) is 9.97 Å². The molecule has 1 aliphatic rings. The number of morpholine rings is 1. The fourth-order valence-electron chi connectivity index (χ4n) is 3.10. The molecule has 0 saturated carbocycles. The smallest absolute Gasteiger partial charge is 0.224 e. The molecule has 6 nitrogen and oxygen atoms in total. The third-order valence-electron chi connectivity index (χ3n) is 4.55. The van der Waals surface area contributed by atoms with E-state index in [1.165, 1.54) is 0 Å². The van der Waals surface area contributed by atoms with Gasteiger partial charge in [-0.25, -0.2) is 4.98 Å². The molecule has 3 heterocycles. The van der Waals surface area contributed by atoms with Gasteiger partial charge in [0.2, 0.25) is 5.91 Å². The molecule has 3 aromatic rings. The molecular weight excluding hydrogens is 372 g/mol. The molecule has 0 unspecified atom stereocenters. The van der Waals surface area contributed by atoms with Gasteiger partial charge >= 0.3 is 0 Å². The first-order valence-corrected chi connectivity index (χ1v) is 10.2. The predicted molar refractivity (Wildman–Crippen MR) is 112 cm³/mol. The Kier molecular flexibility index (Phi) is 5.94. The van der Waals surface area contributed by atoms with Crippen LogP contribution in [0.1, 0.15) is 12.1 Å². The van der Waals surface area contributed by atoms with Crippen LogP contribution in [-0.2, 0) is 16.0 Å². The van der Waals surface area contributed by atoms with Gasteiger partial charge in [-0.1, -0.05) is 12.1 Å². The molecule has 0 aliphatic carbocycles. The molecule has 0 atom stereocenters. The summed E-state index contributed by atoms with van der Waals surface area (Å²) in [5.41, 5.74) is 3.72. The van der Waals surface area contributed by atoms with Crippen LogP contribution < -0.4 is 10.2 Å². The van der Waals surface area contributed by atoms with E-state index in [-0.39, 0.29) is 5.91 Å². The van der Waals surface area contributed by atoms with Crippen LogP contribution in [0.2, 0.25) is 0 Å². The van der Waals surface area contributed by atoms with Crippen LogP contribution in [-0.4, -0.2) is 42.2 Å². The zero-order valence-electron chi connectivity index (χ0n) is 15.5. The lowest BCUT2D eigenvalue weighted by Gasteiger charge is -2.29. The molecule has 144 valence electrons. The molecule has 1 N–H and O–H groups in total. The Morgan fingerprint density at radius 1 is 1.18 bits per heavy atom. The van der Waals surface area contributed by atoms with Crippen LogP contribution in [0.25, 0.3) is 10.7 Å². The quantitative estimate of drug-likeness (QED) is 0.692. The van der Waals surface area contributed by atoms with Crippen molar-refractivity contribution in [1.29, 1.82) is 0 Å². The number of hydrogen-bond donors (Lipinski definition) is 1. The topological polar surface area (TPSA) is 67.4 Å². The number of anilines is 2. The summed E-state index contributed by atoms with van der Waals surface area (Å²) < 4.78 is 5.40. The summed E-state index contributed by atoms with van der Waals surface area (Å²) in [5, 5.41) is 5.88. The van der Waals surface area contributed by atoms with E-state index in [1.54, 1.807) is 17.5 Å². The van der Waals surface area contributed by atoms with Crippen molar-refractivity contribution in [2.24, 2.45) is 0 Å². The number of amides is 1. The lowest BCUT2D eigenvalue weighted by molar-refractivity contribution is -0.116. The van der Waals surface area contributed by atoms with Crippen LogP contribution >= 0.6 is 11.3 Å². The molecular formula is C21H22N4O2S. The van der Waals surface area contributed by atoms with E-state index < -0.39 is 0 Å². The largest absolute Gasteiger partial charge is 0.378 e. The fourth-order valence-corrected chi connectivity index (χ4v) is 3.93. The van der Waals surface area contributed by atoms with Crippen LogP contribution in [0.3, 0.4) is 0 Å². The molecule has 1 aliphatic heterocycles. The van der Waals surface area contributed by atoms with Gasteiger partial charge in [0, 0.05) is 42.5 Å². The monoisotopic (exact) mass is 394 g/mol. The summed E-state index contributed by atoms with van der Waals surface area (Å²) in [6.45, 7) is 3.23.